The first kappa shape index (κ1) is 24.4. The maximum atomic E-state index is 13.0. The number of fused-ring (bicyclic) bond motifs is 1. The van der Waals surface area contributed by atoms with Gasteiger partial charge in [-0.2, -0.15) is 0 Å². The van der Waals surface area contributed by atoms with Crippen molar-refractivity contribution in [1.82, 2.24) is 19.8 Å². The standard InChI is InChI=1S/C22H29ClN4O4S/c1-4-31-22(30)26-9-7-16(8-10-26)24-19(28)13-32-21-25-18-6-5-15(23)11-17(18)20(29)27(21)12-14(2)3/h5-6,11,14,16H,4,7-10,12-13H2,1-3H3,(H,24,28). The maximum absolute atomic E-state index is 13.0. The largest absolute Gasteiger partial charge is 0.450 e. The van der Waals surface area contributed by atoms with Crippen LogP contribution in [0.4, 0.5) is 4.79 Å². The fraction of sp³-hybridized carbons (Fsp3) is 0.545. The number of hydrogen-bond donors (Lipinski definition) is 1. The number of carbonyl (C=O) groups excluding carboxylic acids is 2. The van der Waals surface area contributed by atoms with Crippen molar-refractivity contribution in [2.24, 2.45) is 5.92 Å². The summed E-state index contributed by atoms with van der Waals surface area (Å²) in [6.07, 6.45) is 1.06. The summed E-state index contributed by atoms with van der Waals surface area (Å²) in [6, 6.07) is 5.07. The number of hydrogen-bond acceptors (Lipinski definition) is 6. The highest BCUT2D eigenvalue weighted by Crippen LogP contribution is 2.21. The summed E-state index contributed by atoms with van der Waals surface area (Å²) in [6.45, 7) is 7.80. The lowest BCUT2D eigenvalue weighted by Crippen LogP contribution is -2.47. The molecule has 10 heteroatoms. The first-order chi connectivity index (χ1) is 15.3. The minimum absolute atomic E-state index is 0.0124. The van der Waals surface area contributed by atoms with Gasteiger partial charge in [0.2, 0.25) is 5.91 Å². The van der Waals surface area contributed by atoms with Crippen molar-refractivity contribution < 1.29 is 14.3 Å². The molecule has 2 aromatic rings. The summed E-state index contributed by atoms with van der Waals surface area (Å²) in [5, 5.41) is 4.51. The number of likely N-dealkylation sites (tertiary alicyclic amines) is 1. The van der Waals surface area contributed by atoms with Crippen LogP contribution in [-0.4, -0.2) is 57.9 Å². The molecule has 0 saturated carbocycles. The van der Waals surface area contributed by atoms with Gasteiger partial charge in [0.05, 0.1) is 23.3 Å². The number of nitrogens with zero attached hydrogens (tertiary/aromatic N) is 3. The van der Waals surface area contributed by atoms with Crippen LogP contribution in [0.15, 0.2) is 28.2 Å². The Kier molecular flexibility index (Phi) is 8.42. The summed E-state index contributed by atoms with van der Waals surface area (Å²) in [7, 11) is 0. The molecule has 1 aromatic heterocycles. The van der Waals surface area contributed by atoms with E-state index in [2.05, 4.69) is 10.3 Å². The van der Waals surface area contributed by atoms with Crippen molar-refractivity contribution in [2.75, 3.05) is 25.4 Å². The Hall–Kier alpha value is -2.26. The molecule has 1 N–H and O–H groups in total. The van der Waals surface area contributed by atoms with E-state index in [0.717, 1.165) is 0 Å². The minimum atomic E-state index is -0.306. The highest BCUT2D eigenvalue weighted by molar-refractivity contribution is 7.99. The van der Waals surface area contributed by atoms with Gasteiger partial charge in [-0.05, 0) is 43.9 Å². The Morgan fingerprint density at radius 2 is 2.03 bits per heavy atom. The van der Waals surface area contributed by atoms with Gasteiger partial charge in [0.1, 0.15) is 0 Å². The second-order valence-corrected chi connectivity index (χ2v) is 9.56. The molecule has 174 valence electrons. The van der Waals surface area contributed by atoms with Crippen LogP contribution in [-0.2, 0) is 16.1 Å². The molecule has 2 heterocycles. The monoisotopic (exact) mass is 480 g/mol. The van der Waals surface area contributed by atoms with E-state index in [1.165, 1.54) is 11.8 Å². The molecule has 2 amide bonds. The van der Waals surface area contributed by atoms with Gasteiger partial charge >= 0.3 is 6.09 Å². The lowest BCUT2D eigenvalue weighted by atomic mass is 10.1. The van der Waals surface area contributed by atoms with Gasteiger partial charge in [-0.1, -0.05) is 37.2 Å². The van der Waals surface area contributed by atoms with E-state index in [1.54, 1.807) is 34.6 Å². The number of aromatic nitrogens is 2. The van der Waals surface area contributed by atoms with Crippen LogP contribution in [0.3, 0.4) is 0 Å². The Bertz CT molecular complexity index is 1030. The summed E-state index contributed by atoms with van der Waals surface area (Å²) < 4.78 is 6.65. The van der Waals surface area contributed by atoms with E-state index in [4.69, 9.17) is 16.3 Å². The molecule has 1 aromatic carbocycles. The van der Waals surface area contributed by atoms with Gasteiger partial charge < -0.3 is 15.0 Å². The van der Waals surface area contributed by atoms with E-state index in [9.17, 15) is 14.4 Å². The van der Waals surface area contributed by atoms with Gasteiger partial charge in [0.15, 0.2) is 5.16 Å². The molecule has 32 heavy (non-hydrogen) atoms. The maximum Gasteiger partial charge on any atom is 0.409 e. The highest BCUT2D eigenvalue weighted by Gasteiger charge is 2.24. The number of piperidine rings is 1. The Labute approximate surface area is 196 Å². The Balaban J connectivity index is 1.64. The Morgan fingerprint density at radius 3 is 2.69 bits per heavy atom. The number of ether oxygens (including phenoxy) is 1. The predicted octanol–water partition coefficient (Wildman–Crippen LogP) is 3.54. The first-order valence-corrected chi connectivity index (χ1v) is 12.2. The number of thioether (sulfide) groups is 1. The van der Waals surface area contributed by atoms with E-state index < -0.39 is 0 Å². The van der Waals surface area contributed by atoms with Gasteiger partial charge in [-0.3, -0.25) is 14.2 Å². The normalized spacial score (nSPS) is 14.7. The van der Waals surface area contributed by atoms with Crippen LogP contribution in [0, 0.1) is 5.92 Å². The first-order valence-electron chi connectivity index (χ1n) is 10.8. The SMILES string of the molecule is CCOC(=O)N1CCC(NC(=O)CSc2nc3ccc(Cl)cc3c(=O)n2CC(C)C)CC1. The minimum Gasteiger partial charge on any atom is -0.450 e. The third-order valence-electron chi connectivity index (χ3n) is 5.15. The van der Waals surface area contributed by atoms with Crippen LogP contribution < -0.4 is 10.9 Å². The molecule has 1 aliphatic rings. The molecule has 0 aliphatic carbocycles. The summed E-state index contributed by atoms with van der Waals surface area (Å²) in [4.78, 5) is 43.7. The number of halogens is 1. The quantitative estimate of drug-likeness (QED) is 0.481. The van der Waals surface area contributed by atoms with Gasteiger partial charge in [0, 0.05) is 30.7 Å². The summed E-state index contributed by atoms with van der Waals surface area (Å²) in [5.41, 5.74) is 0.411. The second-order valence-electron chi connectivity index (χ2n) is 8.18. The third-order valence-corrected chi connectivity index (χ3v) is 6.36. The number of rotatable bonds is 7. The molecule has 1 saturated heterocycles. The highest BCUT2D eigenvalue weighted by atomic mass is 35.5. The number of nitrogens with one attached hydrogen (secondary N) is 1. The van der Waals surface area contributed by atoms with Crippen LogP contribution in [0.1, 0.15) is 33.6 Å². The lowest BCUT2D eigenvalue weighted by Gasteiger charge is -2.31. The molecule has 0 bridgehead atoms. The fourth-order valence-electron chi connectivity index (χ4n) is 3.63. The molecule has 0 atom stereocenters. The lowest BCUT2D eigenvalue weighted by molar-refractivity contribution is -0.119. The third kappa shape index (κ3) is 6.16. The molecular formula is C22H29ClN4O4S. The van der Waals surface area contributed by atoms with Crippen molar-refractivity contribution in [2.45, 2.75) is 51.4 Å². The van der Waals surface area contributed by atoms with Gasteiger partial charge in [-0.25, -0.2) is 9.78 Å². The van der Waals surface area contributed by atoms with Crippen molar-refractivity contribution >= 4 is 46.3 Å². The molecule has 1 fully saturated rings. The predicted molar refractivity (Wildman–Crippen MR) is 126 cm³/mol. The number of amides is 2. The molecule has 3 rings (SSSR count). The van der Waals surface area contributed by atoms with Crippen LogP contribution >= 0.6 is 23.4 Å². The van der Waals surface area contributed by atoms with Crippen LogP contribution in [0.2, 0.25) is 5.02 Å². The van der Waals surface area contributed by atoms with Crippen molar-refractivity contribution in [3.8, 4) is 0 Å². The zero-order valence-electron chi connectivity index (χ0n) is 18.6. The fourth-order valence-corrected chi connectivity index (χ4v) is 4.62. The van der Waals surface area contributed by atoms with Crippen molar-refractivity contribution in [3.63, 3.8) is 0 Å². The summed E-state index contributed by atoms with van der Waals surface area (Å²) >= 11 is 7.32. The Morgan fingerprint density at radius 1 is 1.31 bits per heavy atom. The van der Waals surface area contributed by atoms with E-state index in [1.807, 2.05) is 13.8 Å². The van der Waals surface area contributed by atoms with Crippen LogP contribution in [0.25, 0.3) is 10.9 Å². The molecule has 0 unspecified atom stereocenters. The molecule has 8 nitrogen and oxygen atoms in total. The average molecular weight is 481 g/mol. The van der Waals surface area contributed by atoms with Crippen LogP contribution in [0.5, 0.6) is 0 Å². The van der Waals surface area contributed by atoms with E-state index in [0.29, 0.717) is 60.2 Å². The van der Waals surface area contributed by atoms with Crippen molar-refractivity contribution in [3.05, 3.63) is 33.6 Å². The zero-order chi connectivity index (χ0) is 23.3. The molecule has 0 radical (unpaired) electrons. The summed E-state index contributed by atoms with van der Waals surface area (Å²) in [5.74, 6) is 0.275. The zero-order valence-corrected chi connectivity index (χ0v) is 20.2. The second kappa shape index (κ2) is 11.0. The molecular weight excluding hydrogens is 452 g/mol. The smallest absolute Gasteiger partial charge is 0.409 e. The molecule has 1 aliphatic heterocycles. The van der Waals surface area contributed by atoms with E-state index >= 15 is 0 Å². The number of carbonyl (C=O) groups is 2. The van der Waals surface area contributed by atoms with Gasteiger partial charge in [0.25, 0.3) is 5.56 Å². The topological polar surface area (TPSA) is 93.5 Å². The average Bonchev–Trinajstić information content (AvgIpc) is 2.75. The van der Waals surface area contributed by atoms with Gasteiger partial charge in [-0.15, -0.1) is 0 Å². The van der Waals surface area contributed by atoms with Crippen molar-refractivity contribution in [1.29, 1.82) is 0 Å². The molecule has 0 spiro atoms. The number of benzene rings is 1. The van der Waals surface area contributed by atoms with E-state index in [-0.39, 0.29) is 35.3 Å².